The van der Waals surface area contributed by atoms with E-state index in [1.165, 1.54) is 12.1 Å². The number of aliphatic carboxylic acids is 1. The number of halogens is 1. The standard InChI is InChI=1S/C32H40FN3O4/c1-20(2)28(22-6-8-23(9-7-22)29(39)34-19-16-26(37)38)36-30(40)27(21-10-12-25(33)13-11-21)35-32(36)17-14-24(15-18-32)31(3,4)5/h6-13,20,24,28H,14-19H2,1-5H3,(H,34,39)(H,37,38)/t24?,28-,32?/m1/s1. The van der Waals surface area contributed by atoms with Gasteiger partial charge in [0, 0.05) is 17.7 Å². The van der Waals surface area contributed by atoms with Crippen LogP contribution in [0.5, 0.6) is 0 Å². The summed E-state index contributed by atoms with van der Waals surface area (Å²) in [4.78, 5) is 44.6. The van der Waals surface area contributed by atoms with Gasteiger partial charge in [0.1, 0.15) is 17.2 Å². The average Bonchev–Trinajstić information content (AvgIpc) is 3.15. The van der Waals surface area contributed by atoms with E-state index in [0.717, 1.165) is 31.2 Å². The summed E-state index contributed by atoms with van der Waals surface area (Å²) in [5, 5.41) is 11.5. The molecule has 1 heterocycles. The molecule has 1 atom stereocenters. The summed E-state index contributed by atoms with van der Waals surface area (Å²) in [5.74, 6) is -1.26. The Bertz CT molecular complexity index is 1270. The Hall–Kier alpha value is -3.55. The summed E-state index contributed by atoms with van der Waals surface area (Å²) in [6.45, 7) is 11.0. The number of carbonyl (C=O) groups is 3. The molecule has 0 saturated heterocycles. The van der Waals surface area contributed by atoms with Gasteiger partial charge in [-0.05, 0) is 84.9 Å². The van der Waals surface area contributed by atoms with E-state index in [1.807, 2.05) is 17.0 Å². The Morgan fingerprint density at radius 2 is 1.68 bits per heavy atom. The minimum atomic E-state index is -0.974. The smallest absolute Gasteiger partial charge is 0.305 e. The maximum absolute atomic E-state index is 14.2. The monoisotopic (exact) mass is 549 g/mol. The average molecular weight is 550 g/mol. The maximum atomic E-state index is 14.2. The second kappa shape index (κ2) is 11.5. The number of nitrogens with one attached hydrogen (secondary N) is 1. The molecule has 0 unspecified atom stereocenters. The normalized spacial score (nSPS) is 22.0. The van der Waals surface area contributed by atoms with Crippen molar-refractivity contribution < 1.29 is 23.9 Å². The van der Waals surface area contributed by atoms with Gasteiger partial charge < -0.3 is 15.3 Å². The molecule has 0 aromatic heterocycles. The molecular formula is C32H40FN3O4. The van der Waals surface area contributed by atoms with Crippen molar-refractivity contribution in [3.8, 4) is 0 Å². The van der Waals surface area contributed by atoms with Crippen LogP contribution in [-0.2, 0) is 9.59 Å². The minimum Gasteiger partial charge on any atom is -0.481 e. The number of amides is 2. The molecule has 4 rings (SSSR count). The quantitative estimate of drug-likeness (QED) is 0.422. The second-order valence-electron chi connectivity index (χ2n) is 12.5. The van der Waals surface area contributed by atoms with Crippen molar-refractivity contribution in [2.24, 2.45) is 22.2 Å². The number of rotatable bonds is 8. The first kappa shape index (κ1) is 29.4. The highest BCUT2D eigenvalue weighted by atomic mass is 19.1. The van der Waals surface area contributed by atoms with Crippen LogP contribution in [0.1, 0.15) is 94.2 Å². The second-order valence-corrected chi connectivity index (χ2v) is 12.5. The zero-order chi connectivity index (χ0) is 29.2. The number of carbonyl (C=O) groups excluding carboxylic acids is 2. The van der Waals surface area contributed by atoms with Gasteiger partial charge in [0.05, 0.1) is 12.5 Å². The van der Waals surface area contributed by atoms with E-state index in [1.54, 1.807) is 24.3 Å². The van der Waals surface area contributed by atoms with E-state index >= 15 is 0 Å². The van der Waals surface area contributed by atoms with E-state index in [4.69, 9.17) is 10.1 Å². The van der Waals surface area contributed by atoms with Crippen molar-refractivity contribution in [2.75, 3.05) is 6.54 Å². The lowest BCUT2D eigenvalue weighted by atomic mass is 9.69. The summed E-state index contributed by atoms with van der Waals surface area (Å²) in [7, 11) is 0. The molecule has 2 amide bonds. The van der Waals surface area contributed by atoms with Crippen LogP contribution in [0, 0.1) is 23.1 Å². The van der Waals surface area contributed by atoms with Crippen LogP contribution in [-0.4, -0.2) is 45.7 Å². The number of benzene rings is 2. The van der Waals surface area contributed by atoms with Gasteiger partial charge in [0.2, 0.25) is 0 Å². The van der Waals surface area contributed by atoms with E-state index < -0.39 is 11.6 Å². The van der Waals surface area contributed by atoms with Crippen molar-refractivity contribution in [1.82, 2.24) is 10.2 Å². The Morgan fingerprint density at radius 3 is 2.20 bits per heavy atom. The summed E-state index contributed by atoms with van der Waals surface area (Å²) < 4.78 is 13.7. The van der Waals surface area contributed by atoms with E-state index in [-0.39, 0.29) is 48.0 Å². The van der Waals surface area contributed by atoms with Crippen LogP contribution in [0.4, 0.5) is 4.39 Å². The molecular weight excluding hydrogens is 509 g/mol. The van der Waals surface area contributed by atoms with E-state index in [9.17, 15) is 18.8 Å². The molecule has 0 radical (unpaired) electrons. The highest BCUT2D eigenvalue weighted by molar-refractivity contribution is 6.46. The summed E-state index contributed by atoms with van der Waals surface area (Å²) >= 11 is 0. The van der Waals surface area contributed by atoms with Crippen LogP contribution in [0.3, 0.4) is 0 Å². The van der Waals surface area contributed by atoms with Crippen LogP contribution in [0.15, 0.2) is 53.5 Å². The summed E-state index contributed by atoms with van der Waals surface area (Å²) in [5.41, 5.74) is 1.78. The summed E-state index contributed by atoms with van der Waals surface area (Å²) in [6, 6.07) is 12.8. The van der Waals surface area contributed by atoms with Crippen molar-refractivity contribution in [3.63, 3.8) is 0 Å². The van der Waals surface area contributed by atoms with Gasteiger partial charge in [-0.25, -0.2) is 4.39 Å². The molecule has 2 aromatic rings. The molecule has 8 heteroatoms. The fourth-order valence-corrected chi connectivity index (χ4v) is 6.14. The number of hydrogen-bond donors (Lipinski definition) is 2. The first-order valence-electron chi connectivity index (χ1n) is 14.1. The van der Waals surface area contributed by atoms with Gasteiger partial charge in [-0.3, -0.25) is 19.4 Å². The third-order valence-electron chi connectivity index (χ3n) is 8.37. The first-order valence-corrected chi connectivity index (χ1v) is 14.1. The fourth-order valence-electron chi connectivity index (χ4n) is 6.14. The number of hydrogen-bond acceptors (Lipinski definition) is 4. The molecule has 1 fully saturated rings. The van der Waals surface area contributed by atoms with Gasteiger partial charge in [-0.1, -0.05) is 46.8 Å². The maximum Gasteiger partial charge on any atom is 0.305 e. The van der Waals surface area contributed by atoms with Crippen LogP contribution >= 0.6 is 0 Å². The predicted octanol–water partition coefficient (Wildman–Crippen LogP) is 5.99. The molecule has 1 aliphatic heterocycles. The zero-order valence-electron chi connectivity index (χ0n) is 24.0. The number of nitrogens with zero attached hydrogens (tertiary/aromatic N) is 2. The van der Waals surface area contributed by atoms with E-state index in [2.05, 4.69) is 39.9 Å². The largest absolute Gasteiger partial charge is 0.481 e. The van der Waals surface area contributed by atoms with Crippen molar-refractivity contribution in [2.45, 2.75) is 78.4 Å². The molecule has 7 nitrogen and oxygen atoms in total. The van der Waals surface area contributed by atoms with Crippen molar-refractivity contribution in [3.05, 3.63) is 71.0 Å². The van der Waals surface area contributed by atoms with Crippen molar-refractivity contribution in [1.29, 1.82) is 0 Å². The SMILES string of the molecule is CC(C)[C@H](c1ccc(C(=O)NCCC(=O)O)cc1)N1C(=O)C(c2ccc(F)cc2)=NC12CCC(C(C)(C)C)CC2. The Labute approximate surface area is 235 Å². The van der Waals surface area contributed by atoms with Gasteiger partial charge in [-0.15, -0.1) is 0 Å². The Morgan fingerprint density at radius 1 is 1.07 bits per heavy atom. The Kier molecular flexibility index (Phi) is 8.47. The van der Waals surface area contributed by atoms with Crippen LogP contribution < -0.4 is 5.32 Å². The number of aliphatic imine (C=N–C) groups is 1. The number of carboxylic acids is 1. The molecule has 1 spiro atoms. The molecule has 0 bridgehead atoms. The topological polar surface area (TPSA) is 99.1 Å². The molecule has 2 aromatic carbocycles. The minimum absolute atomic E-state index is 0.0500. The highest BCUT2D eigenvalue weighted by Crippen LogP contribution is 2.50. The van der Waals surface area contributed by atoms with Crippen LogP contribution in [0.25, 0.3) is 0 Å². The Balaban J connectivity index is 1.68. The zero-order valence-corrected chi connectivity index (χ0v) is 24.0. The van der Waals surface area contributed by atoms with Crippen LogP contribution in [0.2, 0.25) is 0 Å². The van der Waals surface area contributed by atoms with Gasteiger partial charge in [0.25, 0.3) is 11.8 Å². The summed E-state index contributed by atoms with van der Waals surface area (Å²) in [6.07, 6.45) is 3.25. The molecule has 1 aliphatic carbocycles. The third kappa shape index (κ3) is 6.11. The van der Waals surface area contributed by atoms with Crippen molar-refractivity contribution >= 4 is 23.5 Å². The molecule has 1 saturated carbocycles. The molecule has 2 N–H and O–H groups in total. The molecule has 2 aliphatic rings. The van der Waals surface area contributed by atoms with Gasteiger partial charge >= 0.3 is 5.97 Å². The highest BCUT2D eigenvalue weighted by Gasteiger charge is 2.53. The van der Waals surface area contributed by atoms with E-state index in [0.29, 0.717) is 22.8 Å². The first-order chi connectivity index (χ1) is 18.8. The van der Waals surface area contributed by atoms with Gasteiger partial charge in [0.15, 0.2) is 0 Å². The number of carboxylic acid groups (broad SMARTS) is 1. The lowest BCUT2D eigenvalue weighted by Gasteiger charge is -2.48. The van der Waals surface area contributed by atoms with Gasteiger partial charge in [-0.2, -0.15) is 0 Å². The lowest BCUT2D eigenvalue weighted by Crippen LogP contribution is -2.52. The fraction of sp³-hybridized carbons (Fsp3) is 0.500. The predicted molar refractivity (Wildman–Crippen MR) is 153 cm³/mol. The third-order valence-corrected chi connectivity index (χ3v) is 8.37. The molecule has 214 valence electrons. The molecule has 40 heavy (non-hydrogen) atoms. The lowest BCUT2D eigenvalue weighted by molar-refractivity contribution is -0.137.